The lowest BCUT2D eigenvalue weighted by Crippen LogP contribution is -2.54. The van der Waals surface area contributed by atoms with E-state index < -0.39 is 39.8 Å². The first kappa shape index (κ1) is 20.5. The largest absolute Gasteiger partial charge is 0.500 e. The summed E-state index contributed by atoms with van der Waals surface area (Å²) >= 11 is 0. The van der Waals surface area contributed by atoms with E-state index in [1.807, 2.05) is 0 Å². The number of benzene rings is 2. The number of barbiturate groups is 1. The number of phenols is 1. The smallest absolute Gasteiger partial charge is 0.335 e. The molecule has 2 aromatic rings. The third-order valence-electron chi connectivity index (χ3n) is 4.34. The second kappa shape index (κ2) is 8.03. The number of imide groups is 2. The lowest BCUT2D eigenvalue weighted by molar-refractivity contribution is -0.386. The molecule has 1 aliphatic heterocycles. The second-order valence-corrected chi connectivity index (χ2v) is 6.32. The third-order valence-corrected chi connectivity index (χ3v) is 4.34. The summed E-state index contributed by atoms with van der Waals surface area (Å²) in [4.78, 5) is 48.8. The van der Waals surface area contributed by atoms with Gasteiger partial charge in [0.25, 0.3) is 11.8 Å². The number of nitrogens with one attached hydrogen (secondary N) is 1. The van der Waals surface area contributed by atoms with Gasteiger partial charge in [0.15, 0.2) is 5.75 Å². The molecule has 0 aliphatic carbocycles. The number of amides is 4. The fourth-order valence-electron chi connectivity index (χ4n) is 2.96. The van der Waals surface area contributed by atoms with E-state index in [0.717, 1.165) is 17.0 Å². The number of nitrogens with zero attached hydrogens (tertiary/aromatic N) is 2. The van der Waals surface area contributed by atoms with E-state index in [-0.39, 0.29) is 17.9 Å². The minimum absolute atomic E-state index is 0.0699. The van der Waals surface area contributed by atoms with Crippen molar-refractivity contribution in [3.05, 3.63) is 63.2 Å². The number of rotatable bonds is 5. The molecule has 1 saturated heterocycles. The highest BCUT2D eigenvalue weighted by atomic mass is 16.6. The fraction of sp³-hybridized carbons (Fsp3) is 0.150. The average molecular weight is 411 g/mol. The fourth-order valence-corrected chi connectivity index (χ4v) is 2.96. The Balaban J connectivity index is 2.11. The molecule has 0 unspecified atom stereocenters. The van der Waals surface area contributed by atoms with Gasteiger partial charge < -0.3 is 9.84 Å². The van der Waals surface area contributed by atoms with Crippen molar-refractivity contribution in [1.29, 1.82) is 0 Å². The van der Waals surface area contributed by atoms with Crippen LogP contribution in [0.3, 0.4) is 0 Å². The number of anilines is 1. The molecular weight excluding hydrogens is 394 g/mol. The number of carbonyl (C=O) groups is 3. The zero-order chi connectivity index (χ0) is 22.0. The highest BCUT2D eigenvalue weighted by Gasteiger charge is 2.37. The van der Waals surface area contributed by atoms with Crippen LogP contribution in [0.25, 0.3) is 6.08 Å². The van der Waals surface area contributed by atoms with Gasteiger partial charge in [-0.3, -0.25) is 25.0 Å². The van der Waals surface area contributed by atoms with Crippen LogP contribution in [-0.2, 0) is 9.59 Å². The van der Waals surface area contributed by atoms with E-state index in [4.69, 9.17) is 4.74 Å². The van der Waals surface area contributed by atoms with Crippen LogP contribution in [0.1, 0.15) is 18.1 Å². The number of aromatic hydroxyl groups is 1. The lowest BCUT2D eigenvalue weighted by atomic mass is 10.0. The van der Waals surface area contributed by atoms with Crippen LogP contribution >= 0.6 is 0 Å². The van der Waals surface area contributed by atoms with Crippen molar-refractivity contribution >= 4 is 35.3 Å². The molecule has 0 aromatic heterocycles. The van der Waals surface area contributed by atoms with Crippen LogP contribution in [0.2, 0.25) is 0 Å². The van der Waals surface area contributed by atoms with Crippen molar-refractivity contribution in [1.82, 2.24) is 5.32 Å². The summed E-state index contributed by atoms with van der Waals surface area (Å²) in [5.74, 6) is -2.66. The Morgan fingerprint density at radius 3 is 2.57 bits per heavy atom. The quantitative estimate of drug-likeness (QED) is 0.334. The Kier molecular flexibility index (Phi) is 5.50. The summed E-state index contributed by atoms with van der Waals surface area (Å²) < 4.78 is 5.20. The van der Waals surface area contributed by atoms with Crippen LogP contribution in [0, 0.1) is 17.0 Å². The summed E-state index contributed by atoms with van der Waals surface area (Å²) in [6.07, 6.45) is 1.10. The first-order chi connectivity index (χ1) is 14.2. The van der Waals surface area contributed by atoms with Crippen molar-refractivity contribution in [2.24, 2.45) is 0 Å². The maximum absolute atomic E-state index is 13.0. The van der Waals surface area contributed by atoms with Gasteiger partial charge in [0.05, 0.1) is 17.2 Å². The maximum atomic E-state index is 13.0. The van der Waals surface area contributed by atoms with Crippen molar-refractivity contribution < 1.29 is 29.2 Å². The van der Waals surface area contributed by atoms with E-state index in [1.165, 1.54) is 6.07 Å². The number of nitro benzene ring substituents is 1. The molecule has 10 heteroatoms. The minimum Gasteiger partial charge on any atom is -0.500 e. The summed E-state index contributed by atoms with van der Waals surface area (Å²) in [6, 6.07) is 7.99. The average Bonchev–Trinajstić information content (AvgIpc) is 2.68. The van der Waals surface area contributed by atoms with Crippen molar-refractivity contribution in [3.8, 4) is 11.5 Å². The van der Waals surface area contributed by atoms with Crippen LogP contribution in [-0.4, -0.2) is 34.5 Å². The molecular formula is C20H17N3O7. The van der Waals surface area contributed by atoms with Crippen LogP contribution in [0.4, 0.5) is 16.2 Å². The topological polar surface area (TPSA) is 139 Å². The molecule has 0 spiro atoms. The molecule has 30 heavy (non-hydrogen) atoms. The predicted molar refractivity (Wildman–Crippen MR) is 106 cm³/mol. The summed E-state index contributed by atoms with van der Waals surface area (Å²) in [6.45, 7) is 3.45. The Morgan fingerprint density at radius 2 is 1.93 bits per heavy atom. The molecule has 2 aromatic carbocycles. The van der Waals surface area contributed by atoms with Crippen molar-refractivity contribution in [2.75, 3.05) is 11.5 Å². The number of aryl methyl sites for hydroxylation is 1. The van der Waals surface area contributed by atoms with Gasteiger partial charge in [0.1, 0.15) is 5.57 Å². The molecule has 4 amide bonds. The molecule has 3 rings (SSSR count). The van der Waals surface area contributed by atoms with Gasteiger partial charge >= 0.3 is 11.7 Å². The van der Waals surface area contributed by atoms with Gasteiger partial charge in [-0.2, -0.15) is 0 Å². The first-order valence-corrected chi connectivity index (χ1v) is 8.85. The second-order valence-electron chi connectivity index (χ2n) is 6.32. The molecule has 0 saturated carbocycles. The zero-order valence-corrected chi connectivity index (χ0v) is 16.0. The molecule has 0 atom stereocenters. The SMILES string of the molecule is CCOc1cc(/C=C2\C(=O)NC(=O)N(c3ccccc3C)C2=O)cc([N+](=O)[O-])c1O. The van der Waals surface area contributed by atoms with Crippen molar-refractivity contribution in [2.45, 2.75) is 13.8 Å². The molecule has 2 N–H and O–H groups in total. The van der Waals surface area contributed by atoms with Gasteiger partial charge in [0, 0.05) is 6.07 Å². The lowest BCUT2D eigenvalue weighted by Gasteiger charge is -2.27. The maximum Gasteiger partial charge on any atom is 0.335 e. The summed E-state index contributed by atoms with van der Waals surface area (Å²) in [5.41, 5.74) is -0.0529. The molecule has 1 heterocycles. The number of hydrogen-bond acceptors (Lipinski definition) is 7. The number of hydrogen-bond donors (Lipinski definition) is 2. The molecule has 10 nitrogen and oxygen atoms in total. The highest BCUT2D eigenvalue weighted by molar-refractivity contribution is 6.39. The highest BCUT2D eigenvalue weighted by Crippen LogP contribution is 2.38. The van der Waals surface area contributed by atoms with E-state index in [2.05, 4.69) is 5.32 Å². The van der Waals surface area contributed by atoms with Gasteiger partial charge in [-0.15, -0.1) is 0 Å². The number of ether oxygens (including phenoxy) is 1. The number of para-hydroxylation sites is 1. The molecule has 0 radical (unpaired) electrons. The minimum atomic E-state index is -0.941. The van der Waals surface area contributed by atoms with Crippen LogP contribution < -0.4 is 15.0 Å². The number of nitro groups is 1. The van der Waals surface area contributed by atoms with Crippen molar-refractivity contribution in [3.63, 3.8) is 0 Å². The van der Waals surface area contributed by atoms with E-state index in [1.54, 1.807) is 38.1 Å². The number of urea groups is 1. The summed E-state index contributed by atoms with van der Waals surface area (Å²) in [7, 11) is 0. The number of phenolic OH excluding ortho intramolecular Hbond substituents is 1. The molecule has 0 bridgehead atoms. The molecule has 154 valence electrons. The third kappa shape index (κ3) is 3.70. The Hall–Kier alpha value is -4.21. The monoisotopic (exact) mass is 411 g/mol. The van der Waals surface area contributed by atoms with Crippen LogP contribution in [0.15, 0.2) is 42.0 Å². The number of carbonyl (C=O) groups excluding carboxylic acids is 3. The van der Waals surface area contributed by atoms with E-state index in [0.29, 0.717) is 11.3 Å². The molecule has 1 fully saturated rings. The summed E-state index contributed by atoms with van der Waals surface area (Å²) in [5, 5.41) is 23.3. The van der Waals surface area contributed by atoms with Gasteiger partial charge in [-0.1, -0.05) is 18.2 Å². The Bertz CT molecular complexity index is 1110. The van der Waals surface area contributed by atoms with E-state index in [9.17, 15) is 29.6 Å². The van der Waals surface area contributed by atoms with E-state index >= 15 is 0 Å². The van der Waals surface area contributed by atoms with Gasteiger partial charge in [-0.25, -0.2) is 9.69 Å². The van der Waals surface area contributed by atoms with Crippen LogP contribution in [0.5, 0.6) is 11.5 Å². The van der Waals surface area contributed by atoms with Gasteiger partial charge in [-0.05, 0) is 43.2 Å². The predicted octanol–water partition coefficient (Wildman–Crippen LogP) is 2.67. The normalized spacial score (nSPS) is 15.3. The zero-order valence-electron chi connectivity index (χ0n) is 16.0. The molecule has 1 aliphatic rings. The van der Waals surface area contributed by atoms with Gasteiger partial charge in [0.2, 0.25) is 5.75 Å². The Morgan fingerprint density at radius 1 is 1.23 bits per heavy atom. The first-order valence-electron chi connectivity index (χ1n) is 8.85. The standard InChI is InChI=1S/C20H17N3O7/c1-3-30-16-10-12(9-15(17(16)24)23(28)29)8-13-18(25)21-20(27)22(19(13)26)14-7-5-4-6-11(14)2/h4-10,24H,3H2,1-2H3,(H,21,25,27)/b13-8+. The Labute approximate surface area is 170 Å².